The third kappa shape index (κ3) is 2.79. The first-order valence-electron chi connectivity index (χ1n) is 7.55. The van der Waals surface area contributed by atoms with E-state index in [1.165, 1.54) is 31.1 Å². The zero-order chi connectivity index (χ0) is 13.8. The Morgan fingerprint density at radius 1 is 1.40 bits per heavy atom. The maximum atomic E-state index is 4.57. The van der Waals surface area contributed by atoms with Gasteiger partial charge in [-0.1, -0.05) is 6.92 Å². The monoisotopic (exact) mass is 290 g/mol. The molecule has 0 aliphatic carbocycles. The summed E-state index contributed by atoms with van der Waals surface area (Å²) in [4.78, 5) is 12.5. The Hall–Kier alpha value is -1.20. The lowest BCUT2D eigenvalue weighted by atomic mass is 10.0. The molecule has 1 aliphatic heterocycles. The second-order valence-corrected chi connectivity index (χ2v) is 6.28. The minimum atomic E-state index is 0.563. The summed E-state index contributed by atoms with van der Waals surface area (Å²) in [7, 11) is 0. The number of thiophene rings is 1. The van der Waals surface area contributed by atoms with Gasteiger partial charge in [-0.25, -0.2) is 9.97 Å². The SMILES string of the molecule is CCCNCC1CCCCN1c1ncnc2sccc12. The molecule has 1 aliphatic rings. The molecule has 1 fully saturated rings. The molecule has 1 atom stereocenters. The van der Waals surface area contributed by atoms with Gasteiger partial charge in [0.25, 0.3) is 0 Å². The predicted molar refractivity (Wildman–Crippen MR) is 85.6 cm³/mol. The summed E-state index contributed by atoms with van der Waals surface area (Å²) in [6.07, 6.45) is 6.74. The molecule has 1 unspecified atom stereocenters. The first-order chi connectivity index (χ1) is 9.90. The summed E-state index contributed by atoms with van der Waals surface area (Å²) in [6.45, 7) is 5.48. The zero-order valence-corrected chi connectivity index (χ0v) is 12.8. The molecule has 2 aromatic heterocycles. The molecule has 0 radical (unpaired) electrons. The highest BCUT2D eigenvalue weighted by Gasteiger charge is 2.24. The maximum Gasteiger partial charge on any atom is 0.141 e. The Balaban J connectivity index is 1.83. The summed E-state index contributed by atoms with van der Waals surface area (Å²) in [5.74, 6) is 1.12. The maximum absolute atomic E-state index is 4.57. The van der Waals surface area contributed by atoms with E-state index in [-0.39, 0.29) is 0 Å². The number of anilines is 1. The zero-order valence-electron chi connectivity index (χ0n) is 12.0. The van der Waals surface area contributed by atoms with Gasteiger partial charge in [-0.15, -0.1) is 11.3 Å². The Kier molecular flexibility index (Phi) is 4.47. The fourth-order valence-electron chi connectivity index (χ4n) is 2.94. The van der Waals surface area contributed by atoms with Gasteiger partial charge in [0, 0.05) is 19.1 Å². The van der Waals surface area contributed by atoms with E-state index < -0.39 is 0 Å². The van der Waals surface area contributed by atoms with Crippen molar-refractivity contribution in [2.75, 3.05) is 24.5 Å². The van der Waals surface area contributed by atoms with Crippen molar-refractivity contribution in [2.24, 2.45) is 0 Å². The van der Waals surface area contributed by atoms with E-state index in [0.29, 0.717) is 6.04 Å². The second-order valence-electron chi connectivity index (χ2n) is 5.38. The highest BCUT2D eigenvalue weighted by Crippen LogP contribution is 2.30. The van der Waals surface area contributed by atoms with Gasteiger partial charge in [0.15, 0.2) is 0 Å². The molecule has 3 rings (SSSR count). The third-order valence-electron chi connectivity index (χ3n) is 3.95. The third-order valence-corrected chi connectivity index (χ3v) is 4.77. The standard InChI is InChI=1S/C15H22N4S/c1-2-7-16-10-12-5-3-4-8-19(12)14-13-6-9-20-15(13)18-11-17-14/h6,9,11-12,16H,2-5,7-8,10H2,1H3. The highest BCUT2D eigenvalue weighted by molar-refractivity contribution is 7.16. The van der Waals surface area contributed by atoms with E-state index >= 15 is 0 Å². The van der Waals surface area contributed by atoms with E-state index in [9.17, 15) is 0 Å². The average molecular weight is 290 g/mol. The largest absolute Gasteiger partial charge is 0.352 e. The fraction of sp³-hybridized carbons (Fsp3) is 0.600. The van der Waals surface area contributed by atoms with Crippen LogP contribution in [-0.4, -0.2) is 35.6 Å². The lowest BCUT2D eigenvalue weighted by Crippen LogP contribution is -2.46. The van der Waals surface area contributed by atoms with Crippen LogP contribution in [0.25, 0.3) is 10.2 Å². The molecule has 3 heterocycles. The molecule has 0 bridgehead atoms. The molecule has 0 saturated carbocycles. The molecule has 1 saturated heterocycles. The van der Waals surface area contributed by atoms with Crippen molar-refractivity contribution in [2.45, 2.75) is 38.6 Å². The topological polar surface area (TPSA) is 41.0 Å². The number of nitrogens with zero attached hydrogens (tertiary/aromatic N) is 3. The smallest absolute Gasteiger partial charge is 0.141 e. The summed E-state index contributed by atoms with van der Waals surface area (Å²) >= 11 is 1.69. The summed E-state index contributed by atoms with van der Waals surface area (Å²) in [5, 5.41) is 6.88. The van der Waals surface area contributed by atoms with Crippen molar-refractivity contribution in [3.63, 3.8) is 0 Å². The van der Waals surface area contributed by atoms with E-state index in [1.807, 2.05) is 0 Å². The number of rotatable bonds is 5. The Morgan fingerprint density at radius 3 is 3.25 bits per heavy atom. The van der Waals surface area contributed by atoms with Crippen LogP contribution in [0.3, 0.4) is 0 Å². The molecule has 4 nitrogen and oxygen atoms in total. The van der Waals surface area contributed by atoms with E-state index in [0.717, 1.165) is 30.3 Å². The fourth-order valence-corrected chi connectivity index (χ4v) is 3.67. The first kappa shape index (κ1) is 13.8. The van der Waals surface area contributed by atoms with Gasteiger partial charge in [0.2, 0.25) is 0 Å². The molecule has 20 heavy (non-hydrogen) atoms. The Bertz CT molecular complexity index is 554. The molecule has 108 valence electrons. The van der Waals surface area contributed by atoms with Crippen LogP contribution in [0.1, 0.15) is 32.6 Å². The molecule has 2 aromatic rings. The summed E-state index contributed by atoms with van der Waals surface area (Å²) in [5.41, 5.74) is 0. The molecule has 1 N–H and O–H groups in total. The molecule has 0 amide bonds. The highest BCUT2D eigenvalue weighted by atomic mass is 32.1. The van der Waals surface area contributed by atoms with Gasteiger partial charge in [-0.2, -0.15) is 0 Å². The van der Waals surface area contributed by atoms with Crippen LogP contribution in [0.5, 0.6) is 0 Å². The van der Waals surface area contributed by atoms with Gasteiger partial charge in [-0.3, -0.25) is 0 Å². The van der Waals surface area contributed by atoms with Gasteiger partial charge in [-0.05, 0) is 43.7 Å². The van der Waals surface area contributed by atoms with Crippen LogP contribution in [0, 0.1) is 0 Å². The quantitative estimate of drug-likeness (QED) is 0.859. The lowest BCUT2D eigenvalue weighted by molar-refractivity contribution is 0.434. The predicted octanol–water partition coefficient (Wildman–Crippen LogP) is 3.05. The number of nitrogens with one attached hydrogen (secondary N) is 1. The van der Waals surface area contributed by atoms with Crippen molar-refractivity contribution in [3.8, 4) is 0 Å². The number of fused-ring (bicyclic) bond motifs is 1. The Morgan fingerprint density at radius 2 is 2.35 bits per heavy atom. The van der Waals surface area contributed by atoms with Crippen LogP contribution in [0.2, 0.25) is 0 Å². The van der Waals surface area contributed by atoms with Crippen molar-refractivity contribution >= 4 is 27.4 Å². The van der Waals surface area contributed by atoms with Gasteiger partial charge >= 0.3 is 0 Å². The van der Waals surface area contributed by atoms with Crippen molar-refractivity contribution in [1.29, 1.82) is 0 Å². The average Bonchev–Trinajstić information content (AvgIpc) is 2.96. The minimum absolute atomic E-state index is 0.563. The van der Waals surface area contributed by atoms with E-state index in [1.54, 1.807) is 17.7 Å². The molecule has 0 spiro atoms. The number of hydrogen-bond donors (Lipinski definition) is 1. The first-order valence-corrected chi connectivity index (χ1v) is 8.43. The summed E-state index contributed by atoms with van der Waals surface area (Å²) in [6, 6.07) is 2.72. The molecule has 0 aromatic carbocycles. The van der Waals surface area contributed by atoms with Crippen LogP contribution in [0.15, 0.2) is 17.8 Å². The van der Waals surface area contributed by atoms with Gasteiger partial charge < -0.3 is 10.2 Å². The number of aromatic nitrogens is 2. The van der Waals surface area contributed by atoms with E-state index in [2.05, 4.69) is 38.6 Å². The van der Waals surface area contributed by atoms with Crippen LogP contribution >= 0.6 is 11.3 Å². The molecular weight excluding hydrogens is 268 g/mol. The molecule has 5 heteroatoms. The normalized spacial score (nSPS) is 19.6. The lowest BCUT2D eigenvalue weighted by Gasteiger charge is -2.37. The Labute approximate surface area is 124 Å². The van der Waals surface area contributed by atoms with Crippen LogP contribution < -0.4 is 10.2 Å². The minimum Gasteiger partial charge on any atom is -0.352 e. The number of hydrogen-bond acceptors (Lipinski definition) is 5. The van der Waals surface area contributed by atoms with Crippen LogP contribution in [0.4, 0.5) is 5.82 Å². The van der Waals surface area contributed by atoms with Gasteiger partial charge in [0.1, 0.15) is 17.0 Å². The summed E-state index contributed by atoms with van der Waals surface area (Å²) < 4.78 is 0. The number of piperidine rings is 1. The second kappa shape index (κ2) is 6.50. The van der Waals surface area contributed by atoms with Crippen LogP contribution in [-0.2, 0) is 0 Å². The van der Waals surface area contributed by atoms with Crippen molar-refractivity contribution in [1.82, 2.24) is 15.3 Å². The van der Waals surface area contributed by atoms with Gasteiger partial charge in [0.05, 0.1) is 5.39 Å². The van der Waals surface area contributed by atoms with Crippen molar-refractivity contribution in [3.05, 3.63) is 17.8 Å². The molecular formula is C15H22N4S. The van der Waals surface area contributed by atoms with Crippen molar-refractivity contribution < 1.29 is 0 Å². The van der Waals surface area contributed by atoms with E-state index in [4.69, 9.17) is 0 Å².